The van der Waals surface area contributed by atoms with Crippen molar-refractivity contribution in [1.82, 2.24) is 9.21 Å². The van der Waals surface area contributed by atoms with E-state index in [1.54, 1.807) is 0 Å². The van der Waals surface area contributed by atoms with Crippen molar-refractivity contribution >= 4 is 10.0 Å². The van der Waals surface area contributed by atoms with Gasteiger partial charge in [-0.2, -0.15) is 4.31 Å². The molecule has 0 bridgehead atoms. The molecule has 0 aromatic heterocycles. The number of aryl methyl sites for hydroxylation is 1. The fourth-order valence-corrected chi connectivity index (χ4v) is 5.02. The Morgan fingerprint density at radius 3 is 2.33 bits per heavy atom. The highest BCUT2D eigenvalue weighted by molar-refractivity contribution is 7.89. The number of hydrogen-bond donors (Lipinski definition) is 0. The lowest BCUT2D eigenvalue weighted by Crippen LogP contribution is -2.48. The third kappa shape index (κ3) is 4.13. The van der Waals surface area contributed by atoms with Crippen LogP contribution in [0, 0.1) is 24.5 Å². The van der Waals surface area contributed by atoms with E-state index in [0.717, 1.165) is 19.2 Å². The summed E-state index contributed by atoms with van der Waals surface area (Å²) in [7, 11) is -2.01. The Bertz CT molecular complexity index is 684. The van der Waals surface area contributed by atoms with Gasteiger partial charge in [0, 0.05) is 18.7 Å². The summed E-state index contributed by atoms with van der Waals surface area (Å²) in [5, 5.41) is 0. The van der Waals surface area contributed by atoms with Gasteiger partial charge in [0.25, 0.3) is 0 Å². The highest BCUT2D eigenvalue weighted by atomic mass is 32.2. The molecule has 1 aromatic carbocycles. The zero-order valence-corrected chi connectivity index (χ0v) is 15.5. The number of hydrogen-bond acceptors (Lipinski definition) is 3. The molecule has 0 N–H and O–H groups in total. The van der Waals surface area contributed by atoms with Crippen molar-refractivity contribution in [3.8, 4) is 0 Å². The SMILES string of the molecule is Cc1cc(S(=O)(=O)N(CC(C)C)C2CCN(C)CC2)c(F)cc1F. The van der Waals surface area contributed by atoms with Crippen molar-refractivity contribution in [2.45, 2.75) is 44.6 Å². The largest absolute Gasteiger partial charge is 0.306 e. The zero-order chi connectivity index (χ0) is 18.1. The van der Waals surface area contributed by atoms with E-state index in [1.165, 1.54) is 11.2 Å². The van der Waals surface area contributed by atoms with Gasteiger partial charge in [-0.1, -0.05) is 13.8 Å². The first-order valence-corrected chi connectivity index (χ1v) is 9.73. The summed E-state index contributed by atoms with van der Waals surface area (Å²) in [6.07, 6.45) is 1.43. The van der Waals surface area contributed by atoms with Crippen LogP contribution >= 0.6 is 0 Å². The van der Waals surface area contributed by atoms with Gasteiger partial charge in [0.2, 0.25) is 10.0 Å². The standard InChI is InChI=1S/C17H26F2N2O2S/c1-12(2)11-21(14-5-7-20(4)8-6-14)24(22,23)17-9-13(3)15(18)10-16(17)19/h9-10,12,14H,5-8,11H2,1-4H3. The van der Waals surface area contributed by atoms with Crippen molar-refractivity contribution < 1.29 is 17.2 Å². The van der Waals surface area contributed by atoms with Crippen LogP contribution in [-0.2, 0) is 10.0 Å². The van der Waals surface area contributed by atoms with Crippen LogP contribution in [0.5, 0.6) is 0 Å². The first kappa shape index (κ1) is 19.3. The quantitative estimate of drug-likeness (QED) is 0.810. The van der Waals surface area contributed by atoms with Crippen molar-refractivity contribution in [3.63, 3.8) is 0 Å². The molecule has 24 heavy (non-hydrogen) atoms. The van der Waals surface area contributed by atoms with Crippen molar-refractivity contribution in [2.24, 2.45) is 5.92 Å². The molecule has 0 spiro atoms. The second-order valence-electron chi connectivity index (χ2n) is 7.03. The molecular formula is C17H26F2N2O2S. The summed E-state index contributed by atoms with van der Waals surface area (Å²) in [6, 6.07) is 1.60. The Morgan fingerprint density at radius 2 is 1.79 bits per heavy atom. The average Bonchev–Trinajstić information content (AvgIpc) is 2.49. The highest BCUT2D eigenvalue weighted by Gasteiger charge is 2.35. The Labute approximate surface area is 143 Å². The monoisotopic (exact) mass is 360 g/mol. The van der Waals surface area contributed by atoms with Crippen LogP contribution in [0.2, 0.25) is 0 Å². The molecule has 0 unspecified atom stereocenters. The molecule has 0 atom stereocenters. The van der Waals surface area contributed by atoms with E-state index in [2.05, 4.69) is 4.90 Å². The molecule has 4 nitrogen and oxygen atoms in total. The number of piperidine rings is 1. The normalized spacial score (nSPS) is 17.8. The second kappa shape index (κ2) is 7.45. The van der Waals surface area contributed by atoms with E-state index in [-0.39, 0.29) is 17.5 Å². The molecule has 0 saturated carbocycles. The van der Waals surface area contributed by atoms with Gasteiger partial charge in [-0.05, 0) is 57.5 Å². The molecule has 1 aliphatic heterocycles. The lowest BCUT2D eigenvalue weighted by molar-refractivity contribution is 0.174. The third-order valence-corrected chi connectivity index (χ3v) is 6.37. The van der Waals surface area contributed by atoms with Crippen LogP contribution in [0.25, 0.3) is 0 Å². The molecule has 2 rings (SSSR count). The Kier molecular flexibility index (Phi) is 5.99. The van der Waals surface area contributed by atoms with Crippen LogP contribution in [-0.4, -0.2) is 50.3 Å². The maximum absolute atomic E-state index is 14.2. The minimum Gasteiger partial charge on any atom is -0.306 e. The van der Waals surface area contributed by atoms with Crippen LogP contribution in [0.15, 0.2) is 17.0 Å². The summed E-state index contributed by atoms with van der Waals surface area (Å²) < 4.78 is 55.3. The lowest BCUT2D eigenvalue weighted by atomic mass is 10.0. The maximum atomic E-state index is 14.2. The van der Waals surface area contributed by atoms with Gasteiger partial charge in [0.05, 0.1) is 0 Å². The number of sulfonamides is 1. The summed E-state index contributed by atoms with van der Waals surface area (Å²) in [5.41, 5.74) is 0.128. The number of nitrogens with zero attached hydrogens (tertiary/aromatic N) is 2. The van der Waals surface area contributed by atoms with Gasteiger partial charge < -0.3 is 4.90 Å². The molecular weight excluding hydrogens is 334 g/mol. The predicted molar refractivity (Wildman–Crippen MR) is 90.3 cm³/mol. The number of likely N-dealkylation sites (tertiary alicyclic amines) is 1. The van der Waals surface area contributed by atoms with E-state index in [9.17, 15) is 17.2 Å². The van der Waals surface area contributed by atoms with Crippen molar-refractivity contribution in [3.05, 3.63) is 29.3 Å². The molecule has 0 amide bonds. The van der Waals surface area contributed by atoms with Gasteiger partial charge in [-0.15, -0.1) is 0 Å². The first-order chi connectivity index (χ1) is 11.1. The van der Waals surface area contributed by atoms with Gasteiger partial charge in [0.1, 0.15) is 16.5 Å². The minimum absolute atomic E-state index is 0.115. The predicted octanol–water partition coefficient (Wildman–Crippen LogP) is 3.01. The molecule has 0 radical (unpaired) electrons. The molecule has 1 aliphatic rings. The van der Waals surface area contributed by atoms with Crippen LogP contribution in [0.3, 0.4) is 0 Å². The van der Waals surface area contributed by atoms with Crippen molar-refractivity contribution in [1.29, 1.82) is 0 Å². The molecule has 1 aromatic rings. The van der Waals surface area contributed by atoms with Crippen LogP contribution in [0.1, 0.15) is 32.3 Å². The molecule has 1 fully saturated rings. The van der Waals surface area contributed by atoms with Gasteiger partial charge in [0.15, 0.2) is 0 Å². The van der Waals surface area contributed by atoms with E-state index in [4.69, 9.17) is 0 Å². The van der Waals surface area contributed by atoms with Gasteiger partial charge in [-0.3, -0.25) is 0 Å². The smallest absolute Gasteiger partial charge is 0.246 e. The van der Waals surface area contributed by atoms with Gasteiger partial charge in [-0.25, -0.2) is 17.2 Å². The highest BCUT2D eigenvalue weighted by Crippen LogP contribution is 2.28. The van der Waals surface area contributed by atoms with Crippen LogP contribution < -0.4 is 0 Å². The molecule has 136 valence electrons. The van der Waals surface area contributed by atoms with Crippen molar-refractivity contribution in [2.75, 3.05) is 26.7 Å². The number of rotatable bonds is 5. The van der Waals surface area contributed by atoms with E-state index in [1.807, 2.05) is 20.9 Å². The molecule has 0 aliphatic carbocycles. The summed E-state index contributed by atoms with van der Waals surface area (Å²) >= 11 is 0. The second-order valence-corrected chi connectivity index (χ2v) is 8.89. The zero-order valence-electron chi connectivity index (χ0n) is 14.7. The average molecular weight is 360 g/mol. The fourth-order valence-electron chi connectivity index (χ4n) is 3.04. The minimum atomic E-state index is -4.01. The summed E-state index contributed by atoms with van der Waals surface area (Å²) in [6.45, 7) is 7.25. The van der Waals surface area contributed by atoms with Gasteiger partial charge >= 0.3 is 0 Å². The lowest BCUT2D eigenvalue weighted by Gasteiger charge is -2.37. The Balaban J connectivity index is 2.42. The fraction of sp³-hybridized carbons (Fsp3) is 0.647. The van der Waals surface area contributed by atoms with Crippen LogP contribution in [0.4, 0.5) is 8.78 Å². The Hall–Kier alpha value is -1.05. The summed E-state index contributed by atoms with van der Waals surface area (Å²) in [5.74, 6) is -1.65. The van der Waals surface area contributed by atoms with E-state index >= 15 is 0 Å². The first-order valence-electron chi connectivity index (χ1n) is 8.29. The molecule has 1 saturated heterocycles. The summed E-state index contributed by atoms with van der Waals surface area (Å²) in [4.78, 5) is 1.72. The van der Waals surface area contributed by atoms with E-state index < -0.39 is 26.6 Å². The number of benzene rings is 1. The topological polar surface area (TPSA) is 40.6 Å². The molecule has 1 heterocycles. The Morgan fingerprint density at radius 1 is 1.21 bits per heavy atom. The maximum Gasteiger partial charge on any atom is 0.246 e. The third-order valence-electron chi connectivity index (χ3n) is 4.44. The van der Waals surface area contributed by atoms with E-state index in [0.29, 0.717) is 25.5 Å². The molecule has 7 heteroatoms. The number of halogens is 2.